The minimum absolute atomic E-state index is 0. The van der Waals surface area contributed by atoms with Gasteiger partial charge in [0.1, 0.15) is 0 Å². The number of unbranched alkanes of at least 4 members (excludes halogenated alkanes) is 1. The molecule has 0 spiro atoms. The lowest BCUT2D eigenvalue weighted by molar-refractivity contribution is 0.445. The zero-order chi connectivity index (χ0) is 14.0. The Hall–Kier alpha value is -0.0900. The minimum atomic E-state index is -3.18. The van der Waals surface area contributed by atoms with Gasteiger partial charge < -0.3 is 11.1 Å². The predicted molar refractivity (Wildman–Crippen MR) is 91.5 cm³/mol. The Morgan fingerprint density at radius 2 is 1.84 bits per heavy atom. The zero-order valence-corrected chi connectivity index (χ0v) is 15.2. The normalized spacial score (nSPS) is 12.3. The van der Waals surface area contributed by atoms with E-state index in [1.54, 1.807) is 0 Å². The van der Waals surface area contributed by atoms with Gasteiger partial charge in [-0.05, 0) is 6.42 Å². The molecule has 0 fully saturated rings. The quantitative estimate of drug-likeness (QED) is 0.259. The molecule has 0 aromatic rings. The van der Waals surface area contributed by atoms with Crippen molar-refractivity contribution in [1.82, 2.24) is 9.62 Å². The topological polar surface area (TPSA) is 87.8 Å². The summed E-state index contributed by atoms with van der Waals surface area (Å²) in [5.74, 6) is 0.358. The molecule has 0 radical (unpaired) electrons. The first kappa shape index (κ1) is 21.2. The van der Waals surface area contributed by atoms with E-state index >= 15 is 0 Å². The van der Waals surface area contributed by atoms with Gasteiger partial charge in [0.2, 0.25) is 10.0 Å². The first-order valence-electron chi connectivity index (χ1n) is 6.49. The van der Waals surface area contributed by atoms with Gasteiger partial charge >= 0.3 is 0 Å². The molecule has 6 nitrogen and oxygen atoms in total. The molecule has 19 heavy (non-hydrogen) atoms. The maximum absolute atomic E-state index is 11.8. The van der Waals surface area contributed by atoms with Crippen LogP contribution in [0.25, 0.3) is 0 Å². The number of nitrogens with two attached hydrogens (primary N) is 1. The summed E-state index contributed by atoms with van der Waals surface area (Å²) in [5.41, 5.74) is 5.62. The van der Waals surface area contributed by atoms with Crippen LogP contribution in [-0.2, 0) is 10.0 Å². The van der Waals surface area contributed by atoms with Gasteiger partial charge in [0.15, 0.2) is 5.96 Å². The van der Waals surface area contributed by atoms with Gasteiger partial charge in [-0.2, -0.15) is 0 Å². The van der Waals surface area contributed by atoms with Crippen molar-refractivity contribution in [2.75, 3.05) is 31.9 Å². The number of rotatable bonds is 9. The second-order valence-electron chi connectivity index (χ2n) is 3.95. The van der Waals surface area contributed by atoms with Gasteiger partial charge in [-0.3, -0.25) is 4.99 Å². The van der Waals surface area contributed by atoms with Gasteiger partial charge in [-0.25, -0.2) is 12.7 Å². The third-order valence-electron chi connectivity index (χ3n) is 2.56. The minimum Gasteiger partial charge on any atom is -0.370 e. The van der Waals surface area contributed by atoms with Crippen molar-refractivity contribution in [3.05, 3.63) is 0 Å². The Kier molecular flexibility index (Phi) is 13.1. The summed E-state index contributed by atoms with van der Waals surface area (Å²) in [5, 5.41) is 2.82. The molecule has 0 atom stereocenters. The molecule has 0 bridgehead atoms. The number of hydrogen-bond acceptors (Lipinski definition) is 3. The maximum Gasteiger partial charge on any atom is 0.215 e. The summed E-state index contributed by atoms with van der Waals surface area (Å²) in [4.78, 5) is 4.09. The van der Waals surface area contributed by atoms with Crippen molar-refractivity contribution in [1.29, 1.82) is 0 Å². The van der Waals surface area contributed by atoms with E-state index in [0.29, 0.717) is 32.1 Å². The van der Waals surface area contributed by atoms with Crippen LogP contribution in [0.15, 0.2) is 4.99 Å². The van der Waals surface area contributed by atoms with Gasteiger partial charge in [0, 0.05) is 26.2 Å². The highest BCUT2D eigenvalue weighted by Crippen LogP contribution is 1.99. The monoisotopic (exact) mass is 406 g/mol. The molecule has 0 aromatic carbocycles. The molecular formula is C11H27IN4O2S. The largest absolute Gasteiger partial charge is 0.370 e. The summed E-state index contributed by atoms with van der Waals surface area (Å²) in [6.45, 7) is 7.70. The van der Waals surface area contributed by atoms with E-state index in [4.69, 9.17) is 5.73 Å². The first-order chi connectivity index (χ1) is 8.47. The Morgan fingerprint density at radius 1 is 1.26 bits per heavy atom. The van der Waals surface area contributed by atoms with Crippen LogP contribution < -0.4 is 11.1 Å². The number of nitrogens with one attached hydrogen (secondary N) is 1. The number of halogens is 1. The molecule has 0 saturated heterocycles. The van der Waals surface area contributed by atoms with Crippen molar-refractivity contribution in [2.24, 2.45) is 10.7 Å². The lowest BCUT2D eigenvalue weighted by Gasteiger charge is -2.18. The van der Waals surface area contributed by atoms with Crippen molar-refractivity contribution in [2.45, 2.75) is 33.6 Å². The highest BCUT2D eigenvalue weighted by atomic mass is 127. The average molecular weight is 406 g/mol. The number of nitrogens with zero attached hydrogens (tertiary/aromatic N) is 2. The highest BCUT2D eigenvalue weighted by molar-refractivity contribution is 14.0. The van der Waals surface area contributed by atoms with E-state index in [2.05, 4.69) is 17.2 Å². The number of aliphatic imine (C=N–C) groups is 1. The fourth-order valence-electron chi connectivity index (χ4n) is 1.47. The van der Waals surface area contributed by atoms with Crippen molar-refractivity contribution in [3.63, 3.8) is 0 Å². The smallest absolute Gasteiger partial charge is 0.215 e. The second kappa shape index (κ2) is 11.7. The Balaban J connectivity index is 0. The Bertz CT molecular complexity index is 343. The molecule has 0 unspecified atom stereocenters. The van der Waals surface area contributed by atoms with E-state index < -0.39 is 10.0 Å². The third kappa shape index (κ3) is 9.44. The van der Waals surface area contributed by atoms with Crippen LogP contribution in [0.1, 0.15) is 33.6 Å². The van der Waals surface area contributed by atoms with E-state index in [-0.39, 0.29) is 29.7 Å². The molecule has 0 aliphatic heterocycles. The number of guanidine groups is 1. The summed E-state index contributed by atoms with van der Waals surface area (Å²) < 4.78 is 25.1. The highest BCUT2D eigenvalue weighted by Gasteiger charge is 2.17. The molecule has 0 heterocycles. The van der Waals surface area contributed by atoms with Crippen molar-refractivity contribution < 1.29 is 8.42 Å². The molecule has 0 aliphatic rings. The summed E-state index contributed by atoms with van der Waals surface area (Å²) >= 11 is 0. The Labute approximate surface area is 134 Å². The van der Waals surface area contributed by atoms with Crippen molar-refractivity contribution >= 4 is 40.0 Å². The van der Waals surface area contributed by atoms with Crippen LogP contribution in [0.2, 0.25) is 0 Å². The molecule has 0 saturated carbocycles. The Morgan fingerprint density at radius 3 is 2.32 bits per heavy atom. The molecule has 116 valence electrons. The van der Waals surface area contributed by atoms with E-state index in [0.717, 1.165) is 12.8 Å². The second-order valence-corrected chi connectivity index (χ2v) is 6.04. The van der Waals surface area contributed by atoms with Crippen LogP contribution in [0.4, 0.5) is 0 Å². The summed E-state index contributed by atoms with van der Waals surface area (Å²) in [7, 11) is -3.18. The summed E-state index contributed by atoms with van der Waals surface area (Å²) in [6, 6.07) is 0. The standard InChI is InChI=1S/C11H26N4O2S.HI/c1-4-7-8-13-11(12)14-9-10-18(16,17)15(5-2)6-3;/h4-10H2,1-3H3,(H3,12,13,14);1H. The molecule has 0 aromatic heterocycles. The SMILES string of the molecule is CCCCN=C(N)NCCS(=O)(=O)N(CC)CC.I. The summed E-state index contributed by atoms with van der Waals surface area (Å²) in [6.07, 6.45) is 2.05. The zero-order valence-electron chi connectivity index (χ0n) is 12.1. The molecular weight excluding hydrogens is 379 g/mol. The predicted octanol–water partition coefficient (Wildman–Crippen LogP) is 0.980. The van der Waals surface area contributed by atoms with E-state index in [9.17, 15) is 8.42 Å². The lowest BCUT2D eigenvalue weighted by Crippen LogP contribution is -2.39. The average Bonchev–Trinajstić information content (AvgIpc) is 2.30. The first-order valence-corrected chi connectivity index (χ1v) is 8.10. The van der Waals surface area contributed by atoms with E-state index in [1.165, 1.54) is 4.31 Å². The number of hydrogen-bond donors (Lipinski definition) is 2. The van der Waals surface area contributed by atoms with Gasteiger partial charge in [-0.15, -0.1) is 24.0 Å². The molecule has 0 amide bonds. The fourth-order valence-corrected chi connectivity index (χ4v) is 2.87. The molecule has 3 N–H and O–H groups in total. The molecule has 8 heteroatoms. The van der Waals surface area contributed by atoms with Gasteiger partial charge in [0.05, 0.1) is 5.75 Å². The van der Waals surface area contributed by atoms with Gasteiger partial charge in [-0.1, -0.05) is 27.2 Å². The third-order valence-corrected chi connectivity index (χ3v) is 4.58. The number of sulfonamides is 1. The van der Waals surface area contributed by atoms with E-state index in [1.807, 2.05) is 13.8 Å². The lowest BCUT2D eigenvalue weighted by atomic mass is 10.3. The van der Waals surface area contributed by atoms with Gasteiger partial charge in [0.25, 0.3) is 0 Å². The van der Waals surface area contributed by atoms with Crippen molar-refractivity contribution in [3.8, 4) is 0 Å². The van der Waals surface area contributed by atoms with Crippen LogP contribution in [0, 0.1) is 0 Å². The van der Waals surface area contributed by atoms with Crippen LogP contribution in [0.5, 0.6) is 0 Å². The fraction of sp³-hybridized carbons (Fsp3) is 0.909. The van der Waals surface area contributed by atoms with Crippen LogP contribution >= 0.6 is 24.0 Å². The molecule has 0 aliphatic carbocycles. The van der Waals surface area contributed by atoms with Crippen LogP contribution in [0.3, 0.4) is 0 Å². The van der Waals surface area contributed by atoms with Crippen LogP contribution in [-0.4, -0.2) is 50.6 Å². The molecule has 0 rings (SSSR count). The maximum atomic E-state index is 11.8.